The third kappa shape index (κ3) is 2.88. The molecule has 6 heteroatoms. The molecule has 0 aliphatic heterocycles. The molecule has 0 saturated carbocycles. The van der Waals surface area contributed by atoms with Crippen molar-refractivity contribution in [3.8, 4) is 34.0 Å². The van der Waals surface area contributed by atoms with Gasteiger partial charge in [0.05, 0.1) is 19.4 Å². The maximum Gasteiger partial charge on any atom is 0.195 e. The largest absolute Gasteiger partial charge is 0.496 e. The van der Waals surface area contributed by atoms with E-state index in [0.29, 0.717) is 23.7 Å². The van der Waals surface area contributed by atoms with Crippen molar-refractivity contribution in [2.45, 2.75) is 6.92 Å². The predicted molar refractivity (Wildman–Crippen MR) is 107 cm³/mol. The van der Waals surface area contributed by atoms with Crippen LogP contribution in [-0.4, -0.2) is 29.4 Å². The van der Waals surface area contributed by atoms with E-state index in [1.54, 1.807) is 7.11 Å². The number of para-hydroxylation sites is 2. The van der Waals surface area contributed by atoms with Crippen LogP contribution in [0.4, 0.5) is 0 Å². The van der Waals surface area contributed by atoms with Crippen LogP contribution in [0.5, 0.6) is 11.5 Å². The summed E-state index contributed by atoms with van der Waals surface area (Å²) in [4.78, 5) is 17.5. The lowest BCUT2D eigenvalue weighted by molar-refractivity contribution is 0.111. The molecule has 0 amide bonds. The van der Waals surface area contributed by atoms with Gasteiger partial charge in [-0.3, -0.25) is 9.20 Å². The average molecular weight is 378 g/mol. The van der Waals surface area contributed by atoms with Gasteiger partial charge in [0.1, 0.15) is 22.9 Å². The van der Waals surface area contributed by atoms with E-state index in [4.69, 9.17) is 14.5 Å². The summed E-state index contributed by atoms with van der Waals surface area (Å²) in [5, 5.41) is 2.00. The quantitative estimate of drug-likeness (QED) is 0.446. The second-order valence-electron chi connectivity index (χ2n) is 5.83. The van der Waals surface area contributed by atoms with Crippen molar-refractivity contribution < 1.29 is 14.3 Å². The number of imidazole rings is 1. The third-order valence-electron chi connectivity index (χ3n) is 4.34. The molecular formula is C21H18N2O3S. The molecule has 0 N–H and O–H groups in total. The molecular weight excluding hydrogens is 360 g/mol. The average Bonchev–Trinajstić information content (AvgIpc) is 3.27. The van der Waals surface area contributed by atoms with Gasteiger partial charge in [-0.15, -0.1) is 11.3 Å². The molecule has 2 aromatic heterocycles. The standard InChI is InChI=1S/C21H18N2O3S/c1-3-26-19-11-7-4-8-14(19)17-13-27-21-22-20(16(12-24)23(17)21)15-9-5-6-10-18(15)25-2/h4-13H,3H2,1-2H3. The molecule has 2 aromatic carbocycles. The minimum absolute atomic E-state index is 0.497. The lowest BCUT2D eigenvalue weighted by Crippen LogP contribution is -1.98. The van der Waals surface area contributed by atoms with Crippen molar-refractivity contribution in [1.29, 1.82) is 0 Å². The van der Waals surface area contributed by atoms with Crippen LogP contribution < -0.4 is 9.47 Å². The number of ether oxygens (including phenoxy) is 2. The van der Waals surface area contributed by atoms with Crippen LogP contribution in [0, 0.1) is 0 Å². The number of hydrogen-bond donors (Lipinski definition) is 0. The molecule has 2 heterocycles. The SMILES string of the molecule is CCOc1ccccc1-c1csc2nc(-c3ccccc3OC)c(C=O)n12. The van der Waals surface area contributed by atoms with Crippen LogP contribution in [0.2, 0.25) is 0 Å². The Bertz CT molecular complexity index is 1110. The number of methoxy groups -OCH3 is 1. The van der Waals surface area contributed by atoms with Crippen molar-refractivity contribution in [2.75, 3.05) is 13.7 Å². The van der Waals surface area contributed by atoms with E-state index in [0.717, 1.165) is 33.8 Å². The third-order valence-corrected chi connectivity index (χ3v) is 5.16. The van der Waals surface area contributed by atoms with Gasteiger partial charge >= 0.3 is 0 Å². The summed E-state index contributed by atoms with van der Waals surface area (Å²) < 4.78 is 13.1. The highest BCUT2D eigenvalue weighted by Crippen LogP contribution is 2.38. The Labute approximate surface area is 160 Å². The Morgan fingerprint density at radius 2 is 1.78 bits per heavy atom. The van der Waals surface area contributed by atoms with Crippen molar-refractivity contribution in [3.63, 3.8) is 0 Å². The van der Waals surface area contributed by atoms with Gasteiger partial charge in [0.25, 0.3) is 0 Å². The lowest BCUT2D eigenvalue weighted by Gasteiger charge is -2.10. The van der Waals surface area contributed by atoms with Gasteiger partial charge in [-0.1, -0.05) is 24.3 Å². The molecule has 0 saturated heterocycles. The van der Waals surface area contributed by atoms with Crippen LogP contribution in [-0.2, 0) is 0 Å². The molecule has 0 fully saturated rings. The molecule has 136 valence electrons. The number of nitrogens with zero attached hydrogens (tertiary/aromatic N) is 2. The van der Waals surface area contributed by atoms with Gasteiger partial charge in [0, 0.05) is 16.5 Å². The van der Waals surface area contributed by atoms with Gasteiger partial charge < -0.3 is 9.47 Å². The van der Waals surface area contributed by atoms with E-state index >= 15 is 0 Å². The second-order valence-corrected chi connectivity index (χ2v) is 6.67. The molecule has 0 unspecified atom stereocenters. The number of thiazole rings is 1. The first-order valence-corrected chi connectivity index (χ1v) is 9.47. The summed E-state index contributed by atoms with van der Waals surface area (Å²) in [5.74, 6) is 1.46. The topological polar surface area (TPSA) is 52.8 Å². The van der Waals surface area contributed by atoms with Gasteiger partial charge in [-0.2, -0.15) is 0 Å². The normalized spacial score (nSPS) is 10.9. The van der Waals surface area contributed by atoms with Crippen LogP contribution in [0.1, 0.15) is 17.4 Å². The molecule has 5 nitrogen and oxygen atoms in total. The first kappa shape index (κ1) is 17.3. The van der Waals surface area contributed by atoms with Gasteiger partial charge in [-0.25, -0.2) is 4.98 Å². The van der Waals surface area contributed by atoms with E-state index in [-0.39, 0.29) is 0 Å². The van der Waals surface area contributed by atoms with Gasteiger partial charge in [-0.05, 0) is 31.2 Å². The zero-order valence-corrected chi connectivity index (χ0v) is 15.8. The van der Waals surface area contributed by atoms with Crippen molar-refractivity contribution >= 4 is 22.6 Å². The van der Waals surface area contributed by atoms with Crippen LogP contribution in [0.25, 0.3) is 27.5 Å². The van der Waals surface area contributed by atoms with Crippen LogP contribution >= 0.6 is 11.3 Å². The highest BCUT2D eigenvalue weighted by atomic mass is 32.1. The van der Waals surface area contributed by atoms with Crippen molar-refractivity contribution in [2.24, 2.45) is 0 Å². The molecule has 0 spiro atoms. The van der Waals surface area contributed by atoms with E-state index in [2.05, 4.69) is 0 Å². The van der Waals surface area contributed by atoms with E-state index in [1.807, 2.05) is 65.2 Å². The smallest absolute Gasteiger partial charge is 0.195 e. The van der Waals surface area contributed by atoms with E-state index in [9.17, 15) is 4.79 Å². The molecule has 0 aliphatic carbocycles. The molecule has 4 aromatic rings. The Balaban J connectivity index is 1.97. The van der Waals surface area contributed by atoms with Gasteiger partial charge in [0.15, 0.2) is 11.2 Å². The summed E-state index contributed by atoms with van der Waals surface area (Å²) in [6.07, 6.45) is 0.848. The second kappa shape index (κ2) is 7.25. The fourth-order valence-electron chi connectivity index (χ4n) is 3.18. The van der Waals surface area contributed by atoms with Crippen LogP contribution in [0.15, 0.2) is 53.9 Å². The summed E-state index contributed by atoms with van der Waals surface area (Å²) in [7, 11) is 1.61. The van der Waals surface area contributed by atoms with Crippen LogP contribution in [0.3, 0.4) is 0 Å². The Morgan fingerprint density at radius 3 is 2.48 bits per heavy atom. The van der Waals surface area contributed by atoms with Crippen molar-refractivity contribution in [3.05, 3.63) is 59.6 Å². The highest BCUT2D eigenvalue weighted by molar-refractivity contribution is 7.15. The first-order chi connectivity index (χ1) is 13.3. The number of hydrogen-bond acceptors (Lipinski definition) is 5. The monoisotopic (exact) mass is 378 g/mol. The number of fused-ring (bicyclic) bond motifs is 1. The molecule has 4 rings (SSSR count). The summed E-state index contributed by atoms with van der Waals surface area (Å²) in [6.45, 7) is 2.52. The molecule has 0 radical (unpaired) electrons. The molecule has 0 bridgehead atoms. The number of aromatic nitrogens is 2. The molecule has 0 aliphatic rings. The Hall–Kier alpha value is -3.12. The Morgan fingerprint density at radius 1 is 1.07 bits per heavy atom. The number of carbonyl (C=O) groups is 1. The lowest BCUT2D eigenvalue weighted by atomic mass is 10.1. The first-order valence-electron chi connectivity index (χ1n) is 8.59. The zero-order chi connectivity index (χ0) is 18.8. The molecule has 27 heavy (non-hydrogen) atoms. The van der Waals surface area contributed by atoms with Crippen molar-refractivity contribution in [1.82, 2.24) is 9.38 Å². The number of aldehydes is 1. The van der Waals surface area contributed by atoms with Gasteiger partial charge in [0.2, 0.25) is 0 Å². The highest BCUT2D eigenvalue weighted by Gasteiger charge is 2.21. The fourth-order valence-corrected chi connectivity index (χ4v) is 4.07. The Kier molecular flexibility index (Phi) is 4.64. The summed E-state index contributed by atoms with van der Waals surface area (Å²) >= 11 is 1.49. The van der Waals surface area contributed by atoms with E-state index in [1.165, 1.54) is 11.3 Å². The maximum atomic E-state index is 12.0. The fraction of sp³-hybridized carbons (Fsp3) is 0.143. The summed E-state index contributed by atoms with van der Waals surface area (Å²) in [6, 6.07) is 15.4. The number of benzene rings is 2. The number of rotatable bonds is 6. The minimum atomic E-state index is 0.497. The summed E-state index contributed by atoms with van der Waals surface area (Å²) in [5.41, 5.74) is 3.72. The number of carbonyl (C=O) groups excluding carboxylic acids is 1. The predicted octanol–water partition coefficient (Wildman–Crippen LogP) is 4.95. The van der Waals surface area contributed by atoms with E-state index < -0.39 is 0 Å². The minimum Gasteiger partial charge on any atom is -0.496 e. The molecule has 0 atom stereocenters. The zero-order valence-electron chi connectivity index (χ0n) is 15.0. The maximum absolute atomic E-state index is 12.0.